The molecule has 0 heterocycles. The fraction of sp³-hybridized carbons (Fsp3) is 0.211. The number of nitrogens with one attached hydrogen (secondary N) is 1. The van der Waals surface area contributed by atoms with E-state index in [0.717, 1.165) is 16.7 Å². The van der Waals surface area contributed by atoms with E-state index in [1.54, 1.807) is 0 Å². The van der Waals surface area contributed by atoms with Gasteiger partial charge in [0.25, 0.3) is 0 Å². The van der Waals surface area contributed by atoms with Crippen molar-refractivity contribution in [1.29, 1.82) is 5.41 Å². The lowest BCUT2D eigenvalue weighted by Gasteiger charge is -2.10. The van der Waals surface area contributed by atoms with E-state index in [-0.39, 0.29) is 0 Å². The molecular formula is C19H22N2. The van der Waals surface area contributed by atoms with Crippen molar-refractivity contribution in [2.45, 2.75) is 27.7 Å². The van der Waals surface area contributed by atoms with Crippen LogP contribution in [0.25, 0.3) is 5.57 Å². The minimum absolute atomic E-state index is 0.453. The number of anilines is 1. The summed E-state index contributed by atoms with van der Waals surface area (Å²) in [5.41, 5.74) is 13.7. The molecule has 2 nitrogen and oxygen atoms in total. The zero-order valence-electron chi connectivity index (χ0n) is 13.1. The molecule has 0 saturated carbocycles. The van der Waals surface area contributed by atoms with E-state index in [4.69, 9.17) is 11.1 Å². The van der Waals surface area contributed by atoms with E-state index < -0.39 is 0 Å². The van der Waals surface area contributed by atoms with Crippen LogP contribution < -0.4 is 5.73 Å². The Balaban J connectivity index is 2.40. The van der Waals surface area contributed by atoms with E-state index in [9.17, 15) is 0 Å². The molecule has 0 atom stereocenters. The highest BCUT2D eigenvalue weighted by Crippen LogP contribution is 2.22. The minimum atomic E-state index is 0.453. The smallest absolute Gasteiger partial charge is 0.0635 e. The molecule has 0 aliphatic heterocycles. The summed E-state index contributed by atoms with van der Waals surface area (Å²) in [6.07, 6.45) is 1.90. The zero-order valence-corrected chi connectivity index (χ0v) is 13.1. The summed E-state index contributed by atoms with van der Waals surface area (Å²) in [7, 11) is 0. The van der Waals surface area contributed by atoms with Crippen molar-refractivity contribution in [3.05, 3.63) is 70.3 Å². The van der Waals surface area contributed by atoms with Crippen LogP contribution in [0.15, 0.2) is 42.5 Å². The molecule has 2 aromatic rings. The quantitative estimate of drug-likeness (QED) is 0.622. The average Bonchev–Trinajstić information content (AvgIpc) is 2.43. The number of nitrogens with two attached hydrogens (primary N) is 1. The Labute approximate surface area is 126 Å². The lowest BCUT2D eigenvalue weighted by atomic mass is 9.96. The maximum absolute atomic E-state index is 8.31. The monoisotopic (exact) mass is 278 g/mol. The third-order valence-corrected chi connectivity index (χ3v) is 3.68. The Hall–Kier alpha value is -2.35. The van der Waals surface area contributed by atoms with Gasteiger partial charge in [-0.3, -0.25) is 0 Å². The summed E-state index contributed by atoms with van der Waals surface area (Å²) in [6, 6.07) is 12.2. The molecular weight excluding hydrogens is 256 g/mol. The lowest BCUT2D eigenvalue weighted by molar-refractivity contribution is 1.35. The summed E-state index contributed by atoms with van der Waals surface area (Å²) in [4.78, 5) is 0. The van der Waals surface area contributed by atoms with Crippen LogP contribution in [-0.4, -0.2) is 5.71 Å². The molecule has 0 aromatic heterocycles. The van der Waals surface area contributed by atoms with Gasteiger partial charge in [-0.1, -0.05) is 35.4 Å². The second kappa shape index (κ2) is 5.96. The molecule has 0 aliphatic carbocycles. The highest BCUT2D eigenvalue weighted by atomic mass is 14.6. The van der Waals surface area contributed by atoms with Crippen molar-refractivity contribution < 1.29 is 0 Å². The Kier molecular flexibility index (Phi) is 4.27. The van der Waals surface area contributed by atoms with Gasteiger partial charge >= 0.3 is 0 Å². The first-order valence-corrected chi connectivity index (χ1v) is 7.09. The fourth-order valence-electron chi connectivity index (χ4n) is 2.44. The number of benzene rings is 2. The lowest BCUT2D eigenvalue weighted by Crippen LogP contribution is -2.02. The summed E-state index contributed by atoms with van der Waals surface area (Å²) in [6.45, 7) is 8.23. The zero-order chi connectivity index (χ0) is 15.6. The predicted molar refractivity (Wildman–Crippen MR) is 92.0 cm³/mol. The summed E-state index contributed by atoms with van der Waals surface area (Å²) in [5, 5.41) is 8.31. The summed E-state index contributed by atoms with van der Waals surface area (Å²) >= 11 is 0. The highest BCUT2D eigenvalue weighted by Gasteiger charge is 2.07. The molecule has 2 rings (SSSR count). The summed E-state index contributed by atoms with van der Waals surface area (Å²) < 4.78 is 0. The molecule has 0 unspecified atom stereocenters. The topological polar surface area (TPSA) is 49.9 Å². The van der Waals surface area contributed by atoms with E-state index in [2.05, 4.69) is 32.0 Å². The van der Waals surface area contributed by atoms with Crippen molar-refractivity contribution >= 4 is 17.0 Å². The maximum Gasteiger partial charge on any atom is 0.0635 e. The maximum atomic E-state index is 8.31. The van der Waals surface area contributed by atoms with E-state index in [1.807, 2.05) is 38.1 Å². The largest absolute Gasteiger partial charge is 0.398 e. The molecule has 3 N–H and O–H groups in total. The Morgan fingerprint density at radius 1 is 0.952 bits per heavy atom. The fourth-order valence-corrected chi connectivity index (χ4v) is 2.44. The van der Waals surface area contributed by atoms with Gasteiger partial charge < -0.3 is 11.1 Å². The van der Waals surface area contributed by atoms with Crippen LogP contribution in [0.3, 0.4) is 0 Å². The van der Waals surface area contributed by atoms with Gasteiger partial charge in [0.15, 0.2) is 0 Å². The molecule has 108 valence electrons. The van der Waals surface area contributed by atoms with Crippen molar-refractivity contribution in [2.75, 3.05) is 5.73 Å². The van der Waals surface area contributed by atoms with Gasteiger partial charge in [-0.15, -0.1) is 0 Å². The van der Waals surface area contributed by atoms with Gasteiger partial charge in [-0.05, 0) is 62.6 Å². The standard InChI is InChI=1S/C19H22N2/c1-12-5-7-14(3)16(9-12)15(4)11-19(21)17-10-13(2)6-8-18(17)20/h5-11,21H,20H2,1-4H3/b15-11-,21-19?. The van der Waals surface area contributed by atoms with Crippen LogP contribution in [0.1, 0.15) is 34.7 Å². The van der Waals surface area contributed by atoms with Crippen LogP contribution in [0, 0.1) is 26.2 Å². The Morgan fingerprint density at radius 2 is 1.52 bits per heavy atom. The van der Waals surface area contributed by atoms with Gasteiger partial charge in [-0.25, -0.2) is 0 Å². The van der Waals surface area contributed by atoms with Gasteiger partial charge in [0.1, 0.15) is 0 Å². The first kappa shape index (κ1) is 15.0. The second-order valence-corrected chi connectivity index (χ2v) is 5.65. The molecule has 2 aromatic carbocycles. The van der Waals surface area contributed by atoms with Crippen molar-refractivity contribution in [2.24, 2.45) is 0 Å². The first-order valence-electron chi connectivity index (χ1n) is 7.09. The molecule has 0 fully saturated rings. The van der Waals surface area contributed by atoms with Gasteiger partial charge in [0.05, 0.1) is 5.71 Å². The molecule has 0 radical (unpaired) electrons. The highest BCUT2D eigenvalue weighted by molar-refractivity contribution is 6.13. The third kappa shape index (κ3) is 3.40. The number of allylic oxidation sites excluding steroid dienone is 2. The molecule has 21 heavy (non-hydrogen) atoms. The van der Waals surface area contributed by atoms with Gasteiger partial charge in [0, 0.05) is 11.3 Å². The van der Waals surface area contributed by atoms with E-state index in [0.29, 0.717) is 11.4 Å². The normalized spacial score (nSPS) is 11.5. The summed E-state index contributed by atoms with van der Waals surface area (Å²) in [5.74, 6) is 0. The van der Waals surface area contributed by atoms with Gasteiger partial charge in [-0.2, -0.15) is 0 Å². The van der Waals surface area contributed by atoms with Crippen LogP contribution in [-0.2, 0) is 0 Å². The number of hydrogen-bond acceptors (Lipinski definition) is 2. The molecule has 2 heteroatoms. The minimum Gasteiger partial charge on any atom is -0.398 e. The average molecular weight is 278 g/mol. The third-order valence-electron chi connectivity index (χ3n) is 3.68. The Morgan fingerprint density at radius 3 is 2.19 bits per heavy atom. The number of nitrogen functional groups attached to an aromatic ring is 1. The van der Waals surface area contributed by atoms with Crippen LogP contribution in [0.4, 0.5) is 5.69 Å². The molecule has 0 saturated heterocycles. The molecule has 0 aliphatic rings. The number of aryl methyl sites for hydroxylation is 3. The van der Waals surface area contributed by atoms with Crippen LogP contribution >= 0.6 is 0 Å². The van der Waals surface area contributed by atoms with Crippen molar-refractivity contribution in [3.8, 4) is 0 Å². The number of hydrogen-bond donors (Lipinski definition) is 2. The van der Waals surface area contributed by atoms with Crippen LogP contribution in [0.5, 0.6) is 0 Å². The van der Waals surface area contributed by atoms with Gasteiger partial charge in [0.2, 0.25) is 0 Å². The van der Waals surface area contributed by atoms with Crippen molar-refractivity contribution in [3.63, 3.8) is 0 Å². The molecule has 0 amide bonds. The van der Waals surface area contributed by atoms with E-state index >= 15 is 0 Å². The Bertz CT molecular complexity index is 724. The molecule has 0 bridgehead atoms. The first-order chi connectivity index (χ1) is 9.88. The van der Waals surface area contributed by atoms with Crippen LogP contribution in [0.2, 0.25) is 0 Å². The molecule has 0 spiro atoms. The van der Waals surface area contributed by atoms with Crippen molar-refractivity contribution in [1.82, 2.24) is 0 Å². The SMILES string of the molecule is C/C(=C/C(=N)c1cc(C)ccc1N)c1cc(C)ccc1C. The second-order valence-electron chi connectivity index (χ2n) is 5.65. The van der Waals surface area contributed by atoms with E-state index in [1.165, 1.54) is 16.7 Å². The number of rotatable bonds is 3. The predicted octanol–water partition coefficient (Wildman–Crippen LogP) is 4.67.